The van der Waals surface area contributed by atoms with Crippen LogP contribution in [0, 0.1) is 12.7 Å². The zero-order valence-electron chi connectivity index (χ0n) is 11.5. The van der Waals surface area contributed by atoms with Gasteiger partial charge in [0, 0.05) is 11.7 Å². The molecule has 1 aromatic carbocycles. The normalized spacial score (nSPS) is 22.1. The van der Waals surface area contributed by atoms with Crippen molar-refractivity contribution < 1.29 is 21.2 Å². The van der Waals surface area contributed by atoms with Gasteiger partial charge in [-0.05, 0) is 37.5 Å². The van der Waals surface area contributed by atoms with Crippen molar-refractivity contribution in [1.29, 1.82) is 0 Å². The molecule has 9 heteroatoms. The van der Waals surface area contributed by atoms with Crippen LogP contribution in [0.25, 0.3) is 0 Å². The Morgan fingerprint density at radius 3 is 2.67 bits per heavy atom. The van der Waals surface area contributed by atoms with Crippen LogP contribution in [0.2, 0.25) is 0 Å². The molecule has 2 rings (SSSR count). The maximum Gasteiger partial charge on any atom is 0.243 e. The minimum Gasteiger partial charge on any atom is -0.398 e. The van der Waals surface area contributed by atoms with Crippen molar-refractivity contribution in [2.24, 2.45) is 0 Å². The number of aryl methyl sites for hydroxylation is 1. The summed E-state index contributed by atoms with van der Waals surface area (Å²) in [6, 6.07) is 1.35. The van der Waals surface area contributed by atoms with Crippen LogP contribution in [0.5, 0.6) is 0 Å². The van der Waals surface area contributed by atoms with Crippen molar-refractivity contribution in [2.45, 2.75) is 30.7 Å². The van der Waals surface area contributed by atoms with Gasteiger partial charge in [-0.25, -0.2) is 25.9 Å². The molecule has 0 radical (unpaired) electrons. The third-order valence-electron chi connectivity index (χ3n) is 3.39. The molecule has 0 saturated carbocycles. The van der Waals surface area contributed by atoms with E-state index in [1.165, 1.54) is 0 Å². The number of nitrogens with one attached hydrogen (secondary N) is 1. The first kappa shape index (κ1) is 16.2. The Kier molecular flexibility index (Phi) is 4.27. The number of sulfonamides is 1. The molecule has 1 aromatic rings. The molecule has 1 atom stereocenters. The fourth-order valence-electron chi connectivity index (χ4n) is 2.27. The Bertz CT molecular complexity index is 760. The number of anilines is 1. The van der Waals surface area contributed by atoms with Crippen molar-refractivity contribution >= 4 is 25.5 Å². The predicted molar refractivity (Wildman–Crippen MR) is 77.5 cm³/mol. The molecule has 3 N–H and O–H groups in total. The minimum absolute atomic E-state index is 0.0526. The second-order valence-corrected chi connectivity index (χ2v) is 9.13. The molecule has 1 heterocycles. The molecular weight excluding hydrogens is 319 g/mol. The fourth-order valence-corrected chi connectivity index (χ4v) is 5.38. The van der Waals surface area contributed by atoms with Gasteiger partial charge in [0.05, 0.1) is 11.5 Å². The molecule has 0 aliphatic carbocycles. The van der Waals surface area contributed by atoms with Crippen molar-refractivity contribution in [3.8, 4) is 0 Å². The SMILES string of the molecule is Cc1cc(F)c(S(=O)(=O)NC2CCCS(=O)(=O)C2)cc1N. The summed E-state index contributed by atoms with van der Waals surface area (Å²) in [5.41, 5.74) is 6.20. The molecule has 6 nitrogen and oxygen atoms in total. The summed E-state index contributed by atoms with van der Waals surface area (Å²) in [7, 11) is -7.41. The second kappa shape index (κ2) is 5.54. The van der Waals surface area contributed by atoms with Gasteiger partial charge in [-0.1, -0.05) is 0 Å². The third-order valence-corrected chi connectivity index (χ3v) is 6.75. The summed E-state index contributed by atoms with van der Waals surface area (Å²) in [5, 5.41) is 0. The van der Waals surface area contributed by atoms with Crippen LogP contribution in [0.1, 0.15) is 18.4 Å². The van der Waals surface area contributed by atoms with Gasteiger partial charge in [0.15, 0.2) is 9.84 Å². The van der Waals surface area contributed by atoms with Gasteiger partial charge in [0.25, 0.3) is 0 Å². The number of nitrogen functional groups attached to an aromatic ring is 1. The van der Waals surface area contributed by atoms with E-state index in [0.717, 1.165) is 12.1 Å². The smallest absolute Gasteiger partial charge is 0.243 e. The predicted octanol–water partition coefficient (Wildman–Crippen LogP) is 0.572. The van der Waals surface area contributed by atoms with Crippen LogP contribution < -0.4 is 10.5 Å². The largest absolute Gasteiger partial charge is 0.398 e. The number of sulfone groups is 1. The van der Waals surface area contributed by atoms with E-state index in [1.807, 2.05) is 0 Å². The number of hydrogen-bond acceptors (Lipinski definition) is 5. The molecule has 1 aliphatic heterocycles. The molecule has 0 amide bonds. The number of hydrogen-bond donors (Lipinski definition) is 2. The first-order valence-electron chi connectivity index (χ1n) is 6.39. The zero-order valence-corrected chi connectivity index (χ0v) is 13.1. The van der Waals surface area contributed by atoms with Crippen molar-refractivity contribution in [3.63, 3.8) is 0 Å². The van der Waals surface area contributed by atoms with Crippen LogP contribution in [0.4, 0.5) is 10.1 Å². The van der Waals surface area contributed by atoms with E-state index in [2.05, 4.69) is 4.72 Å². The van der Waals surface area contributed by atoms with Gasteiger partial charge in [0.2, 0.25) is 10.0 Å². The molecule has 1 unspecified atom stereocenters. The molecular formula is C12H17FN2O4S2. The monoisotopic (exact) mass is 336 g/mol. The highest BCUT2D eigenvalue weighted by atomic mass is 32.2. The quantitative estimate of drug-likeness (QED) is 0.785. The van der Waals surface area contributed by atoms with Crippen LogP contribution in [-0.2, 0) is 19.9 Å². The summed E-state index contributed by atoms with van der Waals surface area (Å²) in [5.74, 6) is -1.13. The van der Waals surface area contributed by atoms with Crippen molar-refractivity contribution in [2.75, 3.05) is 17.2 Å². The molecule has 1 aliphatic rings. The lowest BCUT2D eigenvalue weighted by atomic mass is 10.2. The van der Waals surface area contributed by atoms with Gasteiger partial charge in [-0.2, -0.15) is 0 Å². The molecule has 0 aromatic heterocycles. The van der Waals surface area contributed by atoms with Crippen LogP contribution >= 0.6 is 0 Å². The number of benzene rings is 1. The maximum absolute atomic E-state index is 13.8. The van der Waals surface area contributed by atoms with Gasteiger partial charge >= 0.3 is 0 Å². The summed E-state index contributed by atoms with van der Waals surface area (Å²) >= 11 is 0. The van der Waals surface area contributed by atoms with E-state index in [0.29, 0.717) is 18.4 Å². The highest BCUT2D eigenvalue weighted by Crippen LogP contribution is 2.22. The summed E-state index contributed by atoms with van der Waals surface area (Å²) in [4.78, 5) is -0.562. The standard InChI is InChI=1S/C12H17FN2O4S2/c1-8-5-10(13)12(6-11(8)14)21(18,19)15-9-3-2-4-20(16,17)7-9/h5-6,9,15H,2-4,7,14H2,1H3. The Hall–Kier alpha value is -1.19. The first-order valence-corrected chi connectivity index (χ1v) is 9.69. The summed E-state index contributed by atoms with van der Waals surface area (Å²) in [6.07, 6.45) is 0.787. The minimum atomic E-state index is -4.15. The Morgan fingerprint density at radius 1 is 1.38 bits per heavy atom. The maximum atomic E-state index is 13.8. The van der Waals surface area contributed by atoms with Gasteiger partial charge in [-0.3, -0.25) is 0 Å². The lowest BCUT2D eigenvalue weighted by molar-refractivity contribution is 0.512. The van der Waals surface area contributed by atoms with Gasteiger partial charge in [-0.15, -0.1) is 0 Å². The van der Waals surface area contributed by atoms with Gasteiger partial charge < -0.3 is 5.73 Å². The highest BCUT2D eigenvalue weighted by Gasteiger charge is 2.30. The van der Waals surface area contributed by atoms with Crippen molar-refractivity contribution in [1.82, 2.24) is 4.72 Å². The molecule has 1 saturated heterocycles. The first-order chi connectivity index (χ1) is 9.61. The molecule has 118 valence electrons. The highest BCUT2D eigenvalue weighted by molar-refractivity contribution is 7.91. The molecule has 21 heavy (non-hydrogen) atoms. The van der Waals surface area contributed by atoms with Crippen LogP contribution in [0.3, 0.4) is 0 Å². The topological polar surface area (TPSA) is 106 Å². The van der Waals surface area contributed by atoms with E-state index in [9.17, 15) is 21.2 Å². The van der Waals surface area contributed by atoms with Crippen molar-refractivity contribution in [3.05, 3.63) is 23.5 Å². The number of halogens is 1. The Balaban J connectivity index is 2.29. The molecule has 0 bridgehead atoms. The van der Waals surface area contributed by atoms with E-state index in [1.54, 1.807) is 6.92 Å². The summed E-state index contributed by atoms with van der Waals surface area (Å²) < 4.78 is 63.5. The summed E-state index contributed by atoms with van der Waals surface area (Å²) in [6.45, 7) is 1.57. The molecule has 0 spiro atoms. The average Bonchev–Trinajstić information content (AvgIpc) is 2.31. The van der Waals surface area contributed by atoms with E-state index < -0.39 is 36.6 Å². The molecule has 1 fully saturated rings. The average molecular weight is 336 g/mol. The third kappa shape index (κ3) is 3.72. The lowest BCUT2D eigenvalue weighted by Gasteiger charge is -2.23. The second-order valence-electron chi connectivity index (χ2n) is 5.21. The van der Waals surface area contributed by atoms with Gasteiger partial charge in [0.1, 0.15) is 10.7 Å². The van der Waals surface area contributed by atoms with E-state index in [4.69, 9.17) is 5.73 Å². The Morgan fingerprint density at radius 2 is 2.05 bits per heavy atom. The van der Waals surface area contributed by atoms with E-state index in [-0.39, 0.29) is 17.2 Å². The number of rotatable bonds is 3. The number of nitrogens with two attached hydrogens (primary N) is 1. The Labute approximate surface area is 123 Å². The zero-order chi connectivity index (χ0) is 15.8. The lowest BCUT2D eigenvalue weighted by Crippen LogP contribution is -2.43. The van der Waals surface area contributed by atoms with Crippen LogP contribution in [-0.4, -0.2) is 34.4 Å². The van der Waals surface area contributed by atoms with Crippen LogP contribution in [0.15, 0.2) is 17.0 Å². The fraction of sp³-hybridized carbons (Fsp3) is 0.500. The van der Waals surface area contributed by atoms with E-state index >= 15 is 0 Å².